The summed E-state index contributed by atoms with van der Waals surface area (Å²) in [6.07, 6.45) is 7.46. The highest BCUT2D eigenvalue weighted by Crippen LogP contribution is 2.07. The summed E-state index contributed by atoms with van der Waals surface area (Å²) in [6.45, 7) is 2.69. The average Bonchev–Trinajstić information content (AvgIpc) is 2.69. The lowest BCUT2D eigenvalue weighted by molar-refractivity contribution is 0.0955. The van der Waals surface area contributed by atoms with Gasteiger partial charge in [0.1, 0.15) is 0 Å². The van der Waals surface area contributed by atoms with Crippen LogP contribution in [0.15, 0.2) is 24.8 Å². The molecule has 0 aliphatic heterocycles. The summed E-state index contributed by atoms with van der Waals surface area (Å²) in [5, 5.41) is 6.87. The van der Waals surface area contributed by atoms with Gasteiger partial charge in [-0.25, -0.2) is 4.52 Å². The number of fused-ring (bicyclic) bond motifs is 1. The number of hydrogen-bond acceptors (Lipinski definition) is 3. The number of carbonyl (C=O) groups is 1. The number of nitrogens with one attached hydrogen (secondary N) is 1. The second-order valence-electron chi connectivity index (χ2n) is 3.22. The maximum atomic E-state index is 11.7. The Hall–Kier alpha value is -1.91. The van der Waals surface area contributed by atoms with Crippen molar-refractivity contribution in [1.82, 2.24) is 19.9 Å². The highest BCUT2D eigenvalue weighted by molar-refractivity contribution is 6.00. The molecule has 0 bridgehead atoms. The lowest BCUT2D eigenvalue weighted by Crippen LogP contribution is -2.23. The van der Waals surface area contributed by atoms with Gasteiger partial charge in [-0.3, -0.25) is 9.78 Å². The molecule has 0 atom stereocenters. The van der Waals surface area contributed by atoms with Gasteiger partial charge in [-0.2, -0.15) is 5.10 Å². The molecule has 2 heterocycles. The molecule has 0 aliphatic carbocycles. The van der Waals surface area contributed by atoms with Crippen LogP contribution in [0.2, 0.25) is 0 Å². The van der Waals surface area contributed by atoms with Gasteiger partial charge in [-0.05, 0) is 6.42 Å². The normalized spacial score (nSPS) is 10.5. The van der Waals surface area contributed by atoms with E-state index in [1.807, 2.05) is 6.92 Å². The van der Waals surface area contributed by atoms with Crippen LogP contribution in [0.1, 0.15) is 23.7 Å². The van der Waals surface area contributed by atoms with E-state index in [1.165, 1.54) is 0 Å². The van der Waals surface area contributed by atoms with Crippen molar-refractivity contribution in [2.75, 3.05) is 6.54 Å². The molecule has 0 aliphatic rings. The van der Waals surface area contributed by atoms with Crippen molar-refractivity contribution in [2.45, 2.75) is 13.3 Å². The van der Waals surface area contributed by atoms with E-state index in [-0.39, 0.29) is 5.91 Å². The second kappa shape index (κ2) is 4.08. The van der Waals surface area contributed by atoms with Gasteiger partial charge < -0.3 is 5.32 Å². The van der Waals surface area contributed by atoms with Gasteiger partial charge in [0.05, 0.1) is 23.5 Å². The van der Waals surface area contributed by atoms with E-state index in [0.717, 1.165) is 11.9 Å². The van der Waals surface area contributed by atoms with E-state index in [1.54, 1.807) is 29.3 Å². The fourth-order valence-corrected chi connectivity index (χ4v) is 1.34. The highest BCUT2D eigenvalue weighted by Gasteiger charge is 2.11. The summed E-state index contributed by atoms with van der Waals surface area (Å²) in [6, 6.07) is 0. The molecule has 78 valence electrons. The molecule has 0 saturated carbocycles. The first-order valence-corrected chi connectivity index (χ1v) is 4.88. The minimum Gasteiger partial charge on any atom is -0.352 e. The van der Waals surface area contributed by atoms with Crippen LogP contribution in [-0.2, 0) is 0 Å². The maximum absolute atomic E-state index is 11.7. The van der Waals surface area contributed by atoms with Crippen molar-refractivity contribution < 1.29 is 4.79 Å². The van der Waals surface area contributed by atoms with Gasteiger partial charge in [0.15, 0.2) is 0 Å². The third kappa shape index (κ3) is 1.81. The third-order valence-corrected chi connectivity index (χ3v) is 2.10. The van der Waals surface area contributed by atoms with E-state index >= 15 is 0 Å². The van der Waals surface area contributed by atoms with E-state index in [4.69, 9.17) is 0 Å². The molecule has 0 aromatic carbocycles. The van der Waals surface area contributed by atoms with Gasteiger partial charge in [0.2, 0.25) is 0 Å². The minimum atomic E-state index is -0.0974. The molecule has 0 unspecified atom stereocenters. The third-order valence-electron chi connectivity index (χ3n) is 2.10. The Kier molecular flexibility index (Phi) is 2.62. The fourth-order valence-electron chi connectivity index (χ4n) is 1.34. The number of rotatable bonds is 3. The Morgan fingerprint density at radius 3 is 3.20 bits per heavy atom. The predicted octanol–water partition coefficient (Wildman–Crippen LogP) is 0.869. The van der Waals surface area contributed by atoms with Gasteiger partial charge in [-0.15, -0.1) is 0 Å². The molecular weight excluding hydrogens is 192 g/mol. The van der Waals surface area contributed by atoms with Crippen LogP contribution in [0.3, 0.4) is 0 Å². The summed E-state index contributed by atoms with van der Waals surface area (Å²) in [5.74, 6) is -0.0974. The van der Waals surface area contributed by atoms with Gasteiger partial charge in [0.25, 0.3) is 5.91 Å². The Morgan fingerprint density at radius 1 is 1.53 bits per heavy atom. The highest BCUT2D eigenvalue weighted by atomic mass is 16.1. The first kappa shape index (κ1) is 9.64. The fraction of sp³-hybridized carbons (Fsp3) is 0.300. The number of nitrogens with zero attached hydrogens (tertiary/aromatic N) is 3. The first-order chi connectivity index (χ1) is 7.33. The predicted molar refractivity (Wildman–Crippen MR) is 55.6 cm³/mol. The van der Waals surface area contributed by atoms with Crippen LogP contribution in [-0.4, -0.2) is 27.0 Å². The Labute approximate surface area is 87.1 Å². The molecular formula is C10H12N4O. The zero-order valence-corrected chi connectivity index (χ0v) is 8.47. The summed E-state index contributed by atoms with van der Waals surface area (Å²) in [5.41, 5.74) is 1.29. The van der Waals surface area contributed by atoms with Crippen LogP contribution < -0.4 is 5.32 Å². The molecule has 0 spiro atoms. The number of carbonyl (C=O) groups excluding carboxylic acids is 1. The van der Waals surface area contributed by atoms with Gasteiger partial charge in [-0.1, -0.05) is 6.92 Å². The van der Waals surface area contributed by atoms with Crippen molar-refractivity contribution in [1.29, 1.82) is 0 Å². The molecule has 0 fully saturated rings. The standard InChI is InChI=1S/C10H12N4O/c1-2-3-12-10(15)8-6-13-14-5-4-11-7-9(8)14/h4-7H,2-3H2,1H3,(H,12,15). The molecule has 2 aromatic rings. The van der Waals surface area contributed by atoms with Crippen LogP contribution in [0.5, 0.6) is 0 Å². The lowest BCUT2D eigenvalue weighted by Gasteiger charge is -2.00. The molecule has 0 saturated heterocycles. The molecule has 0 radical (unpaired) electrons. The zero-order chi connectivity index (χ0) is 10.7. The zero-order valence-electron chi connectivity index (χ0n) is 8.47. The Bertz CT molecular complexity index is 477. The Balaban J connectivity index is 2.31. The molecule has 15 heavy (non-hydrogen) atoms. The SMILES string of the molecule is CCCNC(=O)c1cnn2ccncc12. The Morgan fingerprint density at radius 2 is 2.40 bits per heavy atom. The largest absolute Gasteiger partial charge is 0.352 e. The second-order valence-corrected chi connectivity index (χ2v) is 3.22. The van der Waals surface area contributed by atoms with Crippen LogP contribution in [0, 0.1) is 0 Å². The van der Waals surface area contributed by atoms with E-state index in [9.17, 15) is 4.79 Å². The molecule has 1 N–H and O–H groups in total. The lowest BCUT2D eigenvalue weighted by atomic mass is 10.3. The average molecular weight is 204 g/mol. The van der Waals surface area contributed by atoms with Gasteiger partial charge in [0, 0.05) is 18.9 Å². The van der Waals surface area contributed by atoms with Crippen LogP contribution >= 0.6 is 0 Å². The summed E-state index contributed by atoms with van der Waals surface area (Å²) >= 11 is 0. The monoisotopic (exact) mass is 204 g/mol. The molecule has 5 heteroatoms. The van der Waals surface area contributed by atoms with Crippen molar-refractivity contribution >= 4 is 11.4 Å². The quantitative estimate of drug-likeness (QED) is 0.807. The van der Waals surface area contributed by atoms with Crippen molar-refractivity contribution in [3.05, 3.63) is 30.4 Å². The number of aromatic nitrogens is 3. The maximum Gasteiger partial charge on any atom is 0.255 e. The molecule has 1 amide bonds. The summed E-state index contributed by atoms with van der Waals surface area (Å²) in [4.78, 5) is 15.7. The molecule has 2 rings (SSSR count). The summed E-state index contributed by atoms with van der Waals surface area (Å²) in [7, 11) is 0. The van der Waals surface area contributed by atoms with E-state index < -0.39 is 0 Å². The molecule has 2 aromatic heterocycles. The van der Waals surface area contributed by atoms with Gasteiger partial charge >= 0.3 is 0 Å². The molecule has 5 nitrogen and oxygen atoms in total. The van der Waals surface area contributed by atoms with E-state index in [0.29, 0.717) is 12.1 Å². The van der Waals surface area contributed by atoms with Crippen LogP contribution in [0.25, 0.3) is 5.52 Å². The number of amides is 1. The topological polar surface area (TPSA) is 59.3 Å². The smallest absolute Gasteiger partial charge is 0.255 e. The first-order valence-electron chi connectivity index (χ1n) is 4.88. The number of hydrogen-bond donors (Lipinski definition) is 1. The summed E-state index contributed by atoms with van der Waals surface area (Å²) < 4.78 is 1.63. The van der Waals surface area contributed by atoms with Crippen molar-refractivity contribution in [3.63, 3.8) is 0 Å². The van der Waals surface area contributed by atoms with Crippen molar-refractivity contribution in [3.8, 4) is 0 Å². The van der Waals surface area contributed by atoms with Crippen molar-refractivity contribution in [2.24, 2.45) is 0 Å². The minimum absolute atomic E-state index is 0.0974. The van der Waals surface area contributed by atoms with Crippen LogP contribution in [0.4, 0.5) is 0 Å². The van der Waals surface area contributed by atoms with E-state index in [2.05, 4.69) is 15.4 Å².